The predicted octanol–water partition coefficient (Wildman–Crippen LogP) is 0.718. The first-order valence-corrected chi connectivity index (χ1v) is 4.88. The molecule has 0 aromatic heterocycles. The van der Waals surface area contributed by atoms with Gasteiger partial charge in [-0.05, 0) is 24.4 Å². The molecule has 1 heterocycles. The Bertz CT molecular complexity index is 452. The quantitative estimate of drug-likeness (QED) is 0.575. The minimum atomic E-state index is -0.431. The van der Waals surface area contributed by atoms with Gasteiger partial charge in [-0.3, -0.25) is 9.59 Å². The second-order valence-corrected chi connectivity index (χ2v) is 3.47. The van der Waals surface area contributed by atoms with Gasteiger partial charge in [0.05, 0.1) is 18.2 Å². The van der Waals surface area contributed by atoms with Crippen LogP contribution in [0.1, 0.15) is 20.7 Å². The lowest BCUT2D eigenvalue weighted by molar-refractivity contribution is 0.0599. The third kappa shape index (κ3) is 1.53. The van der Waals surface area contributed by atoms with Crippen molar-refractivity contribution in [2.24, 2.45) is 0 Å². The standard InChI is InChI=1S/C10H8N2O3S/c1-15-10(16)11-12-8(13)6-4-2-3-5-7(6)9(12)14/h2-5H,1H3,(H,11,16). The van der Waals surface area contributed by atoms with E-state index in [-0.39, 0.29) is 5.17 Å². The van der Waals surface area contributed by atoms with E-state index in [4.69, 9.17) is 12.2 Å². The van der Waals surface area contributed by atoms with E-state index >= 15 is 0 Å². The van der Waals surface area contributed by atoms with Crippen molar-refractivity contribution in [2.75, 3.05) is 7.11 Å². The van der Waals surface area contributed by atoms with Crippen molar-refractivity contribution in [3.05, 3.63) is 35.4 Å². The summed E-state index contributed by atoms with van der Waals surface area (Å²) in [6.45, 7) is 0. The number of hydrogen-bond acceptors (Lipinski definition) is 4. The van der Waals surface area contributed by atoms with Gasteiger partial charge in [-0.2, -0.15) is 5.01 Å². The topological polar surface area (TPSA) is 58.6 Å². The lowest BCUT2D eigenvalue weighted by Crippen LogP contribution is -2.45. The van der Waals surface area contributed by atoms with E-state index < -0.39 is 11.8 Å². The van der Waals surface area contributed by atoms with Gasteiger partial charge in [-0.15, -0.1) is 0 Å². The zero-order valence-electron chi connectivity index (χ0n) is 8.39. The molecular formula is C10H8N2O3S. The van der Waals surface area contributed by atoms with E-state index in [0.717, 1.165) is 5.01 Å². The number of hydrogen-bond donors (Lipinski definition) is 1. The Labute approximate surface area is 97.0 Å². The largest absolute Gasteiger partial charge is 0.473 e. The van der Waals surface area contributed by atoms with Crippen LogP contribution in [-0.2, 0) is 4.74 Å². The van der Waals surface area contributed by atoms with Crippen LogP contribution >= 0.6 is 12.2 Å². The maximum atomic E-state index is 11.8. The van der Waals surface area contributed by atoms with Crippen molar-refractivity contribution in [3.63, 3.8) is 0 Å². The van der Waals surface area contributed by atoms with E-state index in [1.54, 1.807) is 24.3 Å². The van der Waals surface area contributed by atoms with Crippen LogP contribution in [0.25, 0.3) is 0 Å². The Hall–Kier alpha value is -1.95. The SMILES string of the molecule is COC(=S)NN1C(=O)c2ccccc2C1=O. The molecule has 82 valence electrons. The van der Waals surface area contributed by atoms with Gasteiger partial charge < -0.3 is 4.74 Å². The average Bonchev–Trinajstić information content (AvgIpc) is 2.55. The van der Waals surface area contributed by atoms with Gasteiger partial charge in [0.15, 0.2) is 0 Å². The van der Waals surface area contributed by atoms with Crippen LogP contribution < -0.4 is 5.43 Å². The van der Waals surface area contributed by atoms with Crippen molar-refractivity contribution in [1.82, 2.24) is 10.4 Å². The van der Waals surface area contributed by atoms with Crippen LogP contribution in [0.2, 0.25) is 0 Å². The van der Waals surface area contributed by atoms with Gasteiger partial charge in [-0.25, -0.2) is 5.43 Å². The highest BCUT2D eigenvalue weighted by Crippen LogP contribution is 2.20. The number of imide groups is 1. The first-order valence-electron chi connectivity index (χ1n) is 4.47. The maximum absolute atomic E-state index is 11.8. The van der Waals surface area contributed by atoms with Gasteiger partial charge in [-0.1, -0.05) is 12.1 Å². The number of carbonyl (C=O) groups is 2. The molecule has 2 amide bonds. The van der Waals surface area contributed by atoms with Gasteiger partial charge >= 0.3 is 0 Å². The number of ether oxygens (including phenoxy) is 1. The molecule has 5 nitrogen and oxygen atoms in total. The minimum absolute atomic E-state index is 0.0329. The average molecular weight is 236 g/mol. The summed E-state index contributed by atoms with van der Waals surface area (Å²) in [6, 6.07) is 6.57. The predicted molar refractivity (Wildman–Crippen MR) is 59.7 cm³/mol. The fraction of sp³-hybridized carbons (Fsp3) is 0.100. The molecule has 0 fully saturated rings. The fourth-order valence-electron chi connectivity index (χ4n) is 1.43. The number of carbonyl (C=O) groups excluding carboxylic acids is 2. The molecule has 0 aliphatic carbocycles. The van der Waals surface area contributed by atoms with E-state index in [1.165, 1.54) is 7.11 Å². The summed E-state index contributed by atoms with van der Waals surface area (Å²) in [7, 11) is 1.35. The normalized spacial score (nSPS) is 13.7. The number of nitrogens with zero attached hydrogens (tertiary/aromatic N) is 1. The molecular weight excluding hydrogens is 228 g/mol. The molecule has 1 aliphatic rings. The molecule has 1 aliphatic heterocycles. The summed E-state index contributed by atoms with van der Waals surface area (Å²) in [5.74, 6) is -0.861. The second-order valence-electron chi connectivity index (χ2n) is 3.09. The number of benzene rings is 1. The number of thiocarbonyl (C=S) groups is 1. The third-order valence-corrected chi connectivity index (χ3v) is 2.44. The zero-order chi connectivity index (χ0) is 11.7. The molecule has 1 aromatic carbocycles. The second kappa shape index (κ2) is 3.90. The third-order valence-electron chi connectivity index (χ3n) is 2.18. The van der Waals surface area contributed by atoms with Crippen molar-refractivity contribution in [3.8, 4) is 0 Å². The van der Waals surface area contributed by atoms with Crippen LogP contribution in [-0.4, -0.2) is 29.1 Å². The van der Waals surface area contributed by atoms with Crippen LogP contribution in [0.15, 0.2) is 24.3 Å². The molecule has 1 aromatic rings. The molecule has 0 saturated carbocycles. The summed E-state index contributed by atoms with van der Waals surface area (Å²) < 4.78 is 4.68. The molecule has 0 atom stereocenters. The number of nitrogens with one attached hydrogen (secondary N) is 1. The van der Waals surface area contributed by atoms with Crippen molar-refractivity contribution >= 4 is 29.2 Å². The Morgan fingerprint density at radius 2 is 1.75 bits per heavy atom. The smallest absolute Gasteiger partial charge is 0.280 e. The first kappa shape index (κ1) is 10.6. The monoisotopic (exact) mass is 236 g/mol. The van der Waals surface area contributed by atoms with Gasteiger partial charge in [0.2, 0.25) is 0 Å². The van der Waals surface area contributed by atoms with Crippen LogP contribution in [0.5, 0.6) is 0 Å². The Morgan fingerprint density at radius 3 is 2.19 bits per heavy atom. The molecule has 2 rings (SSSR count). The highest BCUT2D eigenvalue weighted by molar-refractivity contribution is 7.80. The molecule has 0 unspecified atom stereocenters. The molecule has 16 heavy (non-hydrogen) atoms. The molecule has 1 N–H and O–H groups in total. The summed E-state index contributed by atoms with van der Waals surface area (Å²) >= 11 is 4.73. The first-order chi connectivity index (χ1) is 7.65. The van der Waals surface area contributed by atoms with Crippen molar-refractivity contribution in [2.45, 2.75) is 0 Å². The summed E-state index contributed by atoms with van der Waals surface area (Å²) in [5.41, 5.74) is 3.14. The van der Waals surface area contributed by atoms with Gasteiger partial charge in [0.1, 0.15) is 0 Å². The Balaban J connectivity index is 2.32. The number of hydrazine groups is 1. The highest BCUT2D eigenvalue weighted by atomic mass is 32.1. The number of amides is 2. The number of fused-ring (bicyclic) bond motifs is 1. The van der Waals surface area contributed by atoms with Crippen molar-refractivity contribution < 1.29 is 14.3 Å². The van der Waals surface area contributed by atoms with E-state index in [2.05, 4.69) is 10.2 Å². The van der Waals surface area contributed by atoms with Crippen molar-refractivity contribution in [1.29, 1.82) is 0 Å². The Kier molecular flexibility index (Phi) is 2.57. The molecule has 0 radical (unpaired) electrons. The van der Waals surface area contributed by atoms with Gasteiger partial charge in [0, 0.05) is 0 Å². The Morgan fingerprint density at radius 1 is 1.25 bits per heavy atom. The van der Waals surface area contributed by atoms with E-state index in [1.807, 2.05) is 0 Å². The van der Waals surface area contributed by atoms with Gasteiger partial charge in [0.25, 0.3) is 17.0 Å². The molecule has 0 spiro atoms. The lowest BCUT2D eigenvalue weighted by atomic mass is 10.1. The molecule has 6 heteroatoms. The van der Waals surface area contributed by atoms with Crippen LogP contribution in [0, 0.1) is 0 Å². The minimum Gasteiger partial charge on any atom is -0.473 e. The molecule has 0 bridgehead atoms. The van der Waals surface area contributed by atoms with E-state index in [0.29, 0.717) is 11.1 Å². The summed E-state index contributed by atoms with van der Waals surface area (Å²) in [5, 5.41) is 0.811. The van der Waals surface area contributed by atoms with Crippen LogP contribution in [0.3, 0.4) is 0 Å². The zero-order valence-corrected chi connectivity index (χ0v) is 9.21. The van der Waals surface area contributed by atoms with E-state index in [9.17, 15) is 9.59 Å². The highest BCUT2D eigenvalue weighted by Gasteiger charge is 2.36. The summed E-state index contributed by atoms with van der Waals surface area (Å²) in [6.07, 6.45) is 0. The summed E-state index contributed by atoms with van der Waals surface area (Å²) in [4.78, 5) is 23.6. The maximum Gasteiger partial charge on any atom is 0.280 e. The lowest BCUT2D eigenvalue weighted by Gasteiger charge is -2.15. The number of methoxy groups -OCH3 is 1. The number of rotatable bonds is 1. The van der Waals surface area contributed by atoms with Crippen LogP contribution in [0.4, 0.5) is 0 Å². The molecule has 0 saturated heterocycles. The fourth-order valence-corrected chi connectivity index (χ4v) is 1.52.